The molecule has 3 N–H and O–H groups in total. The maximum Gasteiger partial charge on any atom is 0.132 e. The summed E-state index contributed by atoms with van der Waals surface area (Å²) in [4.78, 5) is 6.72. The van der Waals surface area contributed by atoms with E-state index in [1.807, 2.05) is 37.4 Å². The van der Waals surface area contributed by atoms with E-state index in [-0.39, 0.29) is 6.17 Å². The zero-order chi connectivity index (χ0) is 16.2. The third-order valence-electron chi connectivity index (χ3n) is 4.24. The van der Waals surface area contributed by atoms with Crippen molar-refractivity contribution < 1.29 is 0 Å². The van der Waals surface area contributed by atoms with Crippen molar-refractivity contribution in [3.8, 4) is 0 Å². The Kier molecular flexibility index (Phi) is 4.46. The number of amidine groups is 1. The highest BCUT2D eigenvalue weighted by Gasteiger charge is 2.34. The summed E-state index contributed by atoms with van der Waals surface area (Å²) >= 11 is 0. The Labute approximate surface area is 137 Å². The number of rotatable bonds is 5. The molecule has 1 aliphatic carbocycles. The van der Waals surface area contributed by atoms with Crippen LogP contribution in [-0.2, 0) is 0 Å². The van der Waals surface area contributed by atoms with Gasteiger partial charge in [-0.3, -0.25) is 5.43 Å². The van der Waals surface area contributed by atoms with E-state index in [9.17, 15) is 0 Å². The lowest BCUT2D eigenvalue weighted by Crippen LogP contribution is -2.42. The monoisotopic (exact) mass is 309 g/mol. The molecule has 3 rings (SSSR count). The molecule has 0 bridgehead atoms. The molecule has 23 heavy (non-hydrogen) atoms. The topological polar surface area (TPSA) is 66.0 Å². The summed E-state index contributed by atoms with van der Waals surface area (Å²) in [5.74, 6) is 1.46. The first-order valence-electron chi connectivity index (χ1n) is 7.95. The van der Waals surface area contributed by atoms with Gasteiger partial charge in [-0.15, -0.1) is 0 Å². The number of hydrogen-bond donors (Lipinski definition) is 2. The highest BCUT2D eigenvalue weighted by atomic mass is 15.4. The number of benzene rings is 1. The van der Waals surface area contributed by atoms with Crippen LogP contribution < -0.4 is 11.2 Å². The van der Waals surface area contributed by atoms with E-state index < -0.39 is 0 Å². The van der Waals surface area contributed by atoms with Crippen LogP contribution >= 0.6 is 0 Å². The zero-order valence-electron chi connectivity index (χ0n) is 13.4. The van der Waals surface area contributed by atoms with Crippen LogP contribution in [0.15, 0.2) is 59.3 Å². The lowest BCUT2D eigenvalue weighted by Gasteiger charge is -2.26. The number of nitrogens with one attached hydrogen (secondary N) is 1. The molecular formula is C18H23N5. The number of hydrazone groups is 1. The predicted molar refractivity (Wildman–Crippen MR) is 95.7 cm³/mol. The summed E-state index contributed by atoms with van der Waals surface area (Å²) in [5, 5.41) is 4.47. The molecule has 1 aromatic rings. The fraction of sp³-hybridized carbons (Fsp3) is 0.333. The quantitative estimate of drug-likeness (QED) is 0.649. The summed E-state index contributed by atoms with van der Waals surface area (Å²) < 4.78 is 0. The van der Waals surface area contributed by atoms with Crippen LogP contribution in [0.4, 0.5) is 0 Å². The Bertz CT molecular complexity index is 655. The number of nitrogens with zero attached hydrogens (tertiary/aromatic N) is 3. The molecule has 0 aromatic heterocycles. The molecule has 1 saturated carbocycles. The molecule has 2 aliphatic rings. The summed E-state index contributed by atoms with van der Waals surface area (Å²) in [6.07, 6.45) is 6.88. The standard InChI is InChI=1S/C18H23N5/c1-13(14-6-4-3-5-7-14)20-17(10-11-19)23(2)18-12-16(21-22-18)15-8-9-15/h3-7,10-11,15,18,22H,1,8-9,12,19H2,2H3/b11-10-,20-17?. The van der Waals surface area contributed by atoms with Crippen LogP contribution in [0.25, 0.3) is 5.70 Å². The van der Waals surface area contributed by atoms with Gasteiger partial charge in [-0.1, -0.05) is 36.9 Å². The minimum Gasteiger partial charge on any atom is -0.404 e. The van der Waals surface area contributed by atoms with Gasteiger partial charge in [0, 0.05) is 19.2 Å². The van der Waals surface area contributed by atoms with Crippen molar-refractivity contribution in [3.05, 3.63) is 54.8 Å². The number of hydrogen-bond acceptors (Lipinski definition) is 4. The second-order valence-electron chi connectivity index (χ2n) is 5.98. The van der Waals surface area contributed by atoms with Crippen molar-refractivity contribution >= 4 is 17.2 Å². The summed E-state index contributed by atoms with van der Waals surface area (Å²) in [6.45, 7) is 4.07. The Morgan fingerprint density at radius 1 is 1.39 bits per heavy atom. The minimum atomic E-state index is 0.115. The van der Waals surface area contributed by atoms with E-state index in [0.29, 0.717) is 11.6 Å². The molecule has 5 heteroatoms. The highest BCUT2D eigenvalue weighted by molar-refractivity contribution is 5.97. The van der Waals surface area contributed by atoms with Gasteiger partial charge in [0.25, 0.3) is 0 Å². The Balaban J connectivity index is 1.73. The van der Waals surface area contributed by atoms with E-state index in [0.717, 1.165) is 17.8 Å². The second kappa shape index (κ2) is 6.69. The van der Waals surface area contributed by atoms with Crippen LogP contribution in [0.3, 0.4) is 0 Å². The molecule has 0 saturated heterocycles. The minimum absolute atomic E-state index is 0.115. The smallest absolute Gasteiger partial charge is 0.132 e. The summed E-state index contributed by atoms with van der Waals surface area (Å²) in [6, 6.07) is 9.93. The molecule has 1 fully saturated rings. The molecule has 120 valence electrons. The molecule has 1 aromatic carbocycles. The van der Waals surface area contributed by atoms with Crippen molar-refractivity contribution in [3.63, 3.8) is 0 Å². The zero-order valence-corrected chi connectivity index (χ0v) is 13.4. The van der Waals surface area contributed by atoms with Crippen LogP contribution in [0.1, 0.15) is 24.8 Å². The van der Waals surface area contributed by atoms with Gasteiger partial charge in [-0.25, -0.2) is 4.99 Å². The van der Waals surface area contributed by atoms with E-state index >= 15 is 0 Å². The van der Waals surface area contributed by atoms with Gasteiger partial charge in [-0.2, -0.15) is 5.10 Å². The number of nitrogens with two attached hydrogens (primary N) is 1. The first kappa shape index (κ1) is 15.3. The van der Waals surface area contributed by atoms with Gasteiger partial charge >= 0.3 is 0 Å². The van der Waals surface area contributed by atoms with Gasteiger partial charge in [0.1, 0.15) is 12.0 Å². The van der Waals surface area contributed by atoms with Crippen molar-refractivity contribution in [2.45, 2.75) is 25.4 Å². The number of aliphatic imine (C=N–C) groups is 1. The van der Waals surface area contributed by atoms with Crippen LogP contribution in [0.5, 0.6) is 0 Å². The van der Waals surface area contributed by atoms with E-state index in [2.05, 4.69) is 27.0 Å². The van der Waals surface area contributed by atoms with Gasteiger partial charge in [-0.05, 0) is 36.6 Å². The van der Waals surface area contributed by atoms with Crippen molar-refractivity contribution in [1.82, 2.24) is 10.3 Å². The molecule has 0 radical (unpaired) electrons. The van der Waals surface area contributed by atoms with Crippen LogP contribution in [0.2, 0.25) is 0 Å². The fourth-order valence-corrected chi connectivity index (χ4v) is 2.66. The summed E-state index contributed by atoms with van der Waals surface area (Å²) in [7, 11) is 2.00. The molecule has 5 nitrogen and oxygen atoms in total. The lowest BCUT2D eigenvalue weighted by atomic mass is 10.1. The maximum absolute atomic E-state index is 5.60. The van der Waals surface area contributed by atoms with Crippen molar-refractivity contribution in [1.29, 1.82) is 0 Å². The highest BCUT2D eigenvalue weighted by Crippen LogP contribution is 2.34. The molecule has 1 heterocycles. The van der Waals surface area contributed by atoms with Gasteiger partial charge in [0.15, 0.2) is 0 Å². The molecule has 1 unspecified atom stereocenters. The molecule has 1 atom stereocenters. The van der Waals surface area contributed by atoms with Crippen LogP contribution in [-0.4, -0.2) is 29.7 Å². The Morgan fingerprint density at radius 3 is 2.78 bits per heavy atom. The lowest BCUT2D eigenvalue weighted by molar-refractivity contribution is 0.336. The normalized spacial score (nSPS) is 21.2. The third-order valence-corrected chi connectivity index (χ3v) is 4.24. The molecular weight excluding hydrogens is 286 g/mol. The second-order valence-corrected chi connectivity index (χ2v) is 5.98. The molecule has 0 amide bonds. The average molecular weight is 309 g/mol. The third kappa shape index (κ3) is 3.62. The average Bonchev–Trinajstić information content (AvgIpc) is 3.31. The first-order chi connectivity index (χ1) is 11.2. The Hall–Kier alpha value is -2.56. The number of likely N-dealkylation sites (N-methyl/N-ethyl adjacent to an activating group) is 1. The van der Waals surface area contributed by atoms with Crippen molar-refractivity contribution in [2.24, 2.45) is 21.7 Å². The fourth-order valence-electron chi connectivity index (χ4n) is 2.66. The van der Waals surface area contributed by atoms with Crippen molar-refractivity contribution in [2.75, 3.05) is 7.05 Å². The summed E-state index contributed by atoms with van der Waals surface area (Å²) in [5.41, 5.74) is 11.8. The van der Waals surface area contributed by atoms with E-state index in [4.69, 9.17) is 5.73 Å². The SMILES string of the molecule is C=C(N=C(/C=C\N)N(C)C1CC(C2CC2)=NN1)c1ccccc1. The van der Waals surface area contributed by atoms with E-state index in [1.54, 1.807) is 6.08 Å². The first-order valence-corrected chi connectivity index (χ1v) is 7.95. The maximum atomic E-state index is 5.60. The van der Waals surface area contributed by atoms with Gasteiger partial charge in [0.05, 0.1) is 5.70 Å². The van der Waals surface area contributed by atoms with E-state index in [1.165, 1.54) is 24.8 Å². The van der Waals surface area contributed by atoms with Crippen LogP contribution in [0, 0.1) is 5.92 Å². The Morgan fingerprint density at radius 2 is 2.13 bits per heavy atom. The molecule has 0 spiro atoms. The van der Waals surface area contributed by atoms with Gasteiger partial charge in [0.2, 0.25) is 0 Å². The largest absolute Gasteiger partial charge is 0.404 e. The predicted octanol–water partition coefficient (Wildman–Crippen LogP) is 2.55. The molecule has 1 aliphatic heterocycles. The van der Waals surface area contributed by atoms with Gasteiger partial charge < -0.3 is 10.6 Å².